The van der Waals surface area contributed by atoms with Gasteiger partial charge in [-0.25, -0.2) is 9.78 Å². The van der Waals surface area contributed by atoms with E-state index in [9.17, 15) is 9.59 Å². The lowest BCUT2D eigenvalue weighted by atomic mass is 9.58. The fourth-order valence-electron chi connectivity index (χ4n) is 5.25. The van der Waals surface area contributed by atoms with Gasteiger partial charge in [-0.3, -0.25) is 9.59 Å². The van der Waals surface area contributed by atoms with Gasteiger partial charge in [0, 0.05) is 23.7 Å². The summed E-state index contributed by atoms with van der Waals surface area (Å²) in [5.41, 5.74) is -0.898. The highest BCUT2D eigenvalue weighted by Crippen LogP contribution is 2.60. The van der Waals surface area contributed by atoms with Crippen molar-refractivity contribution in [2.45, 2.75) is 83.2 Å². The van der Waals surface area contributed by atoms with E-state index in [2.05, 4.69) is 6.92 Å². The van der Waals surface area contributed by atoms with E-state index in [0.717, 1.165) is 19.3 Å². The Morgan fingerprint density at radius 2 is 1.96 bits per heavy atom. The Hall–Kier alpha value is -1.22. The quantitative estimate of drug-likeness (QED) is 0.579. The highest BCUT2D eigenvalue weighted by Gasteiger charge is 2.69. The van der Waals surface area contributed by atoms with Gasteiger partial charge < -0.3 is 19.3 Å². The first kappa shape index (κ1) is 14.7. The minimum absolute atomic E-state index is 0.0901. The normalized spacial score (nSPS) is 51.7. The van der Waals surface area contributed by atoms with E-state index in [-0.39, 0.29) is 11.8 Å². The van der Waals surface area contributed by atoms with Crippen molar-refractivity contribution >= 4 is 11.9 Å². The molecule has 4 aliphatic heterocycles. The Kier molecular flexibility index (Phi) is 3.65. The molecule has 1 N–H and O–H groups in total. The lowest BCUT2D eigenvalue weighted by Crippen LogP contribution is -2.70. The molecule has 4 heterocycles. The third kappa shape index (κ3) is 3.06. The Labute approximate surface area is 164 Å². The Morgan fingerprint density at radius 1 is 1.19 bits per heavy atom. The van der Waals surface area contributed by atoms with Gasteiger partial charge in [0.05, 0.1) is 12.7 Å². The summed E-state index contributed by atoms with van der Waals surface area (Å²) >= 11 is 0. The van der Waals surface area contributed by atoms with Gasteiger partial charge in [0.15, 0.2) is 11.9 Å². The van der Waals surface area contributed by atoms with Crippen molar-refractivity contribution in [3.63, 3.8) is 0 Å². The number of fused-ring (bicyclic) bond motifs is 2. The molecule has 5 fully saturated rings. The van der Waals surface area contributed by atoms with Crippen molar-refractivity contribution in [3.05, 3.63) is 0 Å². The molecule has 0 aromatic heterocycles. The average molecular weight is 388 g/mol. The van der Waals surface area contributed by atoms with Crippen molar-refractivity contribution in [1.29, 1.82) is 0 Å². The number of carbonyl (C=O) groups is 2. The highest BCUT2D eigenvalue weighted by molar-refractivity contribution is 5.76. The molecule has 5 rings (SSSR count). The van der Waals surface area contributed by atoms with Crippen molar-refractivity contribution in [2.24, 2.45) is 23.7 Å². The molecule has 8 atom stereocenters. The van der Waals surface area contributed by atoms with Crippen LogP contribution in [0.25, 0.3) is 0 Å². The first-order chi connectivity index (χ1) is 14.3. The molecule has 0 aromatic carbocycles. The van der Waals surface area contributed by atoms with E-state index in [0.29, 0.717) is 12.3 Å². The molecule has 2 bridgehead atoms. The van der Waals surface area contributed by atoms with Gasteiger partial charge in [-0.05, 0) is 38.0 Å². The Balaban J connectivity index is 1.63. The predicted octanol–water partition coefficient (Wildman–Crippen LogP) is 2.60. The molecule has 27 heavy (non-hydrogen) atoms. The summed E-state index contributed by atoms with van der Waals surface area (Å²) < 4.78 is 47.8. The molecular formula is C19H28O8. The minimum Gasteiger partial charge on any atom is -0.481 e. The fourth-order valence-corrected chi connectivity index (χ4v) is 5.25. The lowest BCUT2D eigenvalue weighted by Gasteiger charge is -2.59. The van der Waals surface area contributed by atoms with Gasteiger partial charge in [0.1, 0.15) is 0 Å². The van der Waals surface area contributed by atoms with Gasteiger partial charge in [0.25, 0.3) is 0 Å². The third-order valence-corrected chi connectivity index (χ3v) is 6.59. The summed E-state index contributed by atoms with van der Waals surface area (Å²) in [6, 6.07) is 0. The topological polar surface area (TPSA) is 101 Å². The Morgan fingerprint density at radius 3 is 2.70 bits per heavy atom. The van der Waals surface area contributed by atoms with E-state index in [1.807, 2.05) is 0 Å². The van der Waals surface area contributed by atoms with Crippen LogP contribution in [-0.2, 0) is 33.6 Å². The lowest BCUT2D eigenvalue weighted by molar-refractivity contribution is -0.576. The summed E-state index contributed by atoms with van der Waals surface area (Å²) in [6.45, 7) is 5.67. The van der Waals surface area contributed by atoms with E-state index in [1.54, 1.807) is 13.8 Å². The van der Waals surface area contributed by atoms with Crippen LogP contribution in [0.3, 0.4) is 0 Å². The standard InChI is InChI=1S/C19H28O8/c1-10-4-5-13-11(2)16(23-15(22)7-6-14(20)21)24-17-19(13)12(10)8-9-18(3,25-17)26-27-19/h10-13,16-17H,4-9H2,1-3H3,(H,20,21)/t10-,11-,12+,13+,16-,17-,18-,19-/m1/s1/i6D2,7D2. The van der Waals surface area contributed by atoms with Gasteiger partial charge in [-0.1, -0.05) is 13.8 Å². The van der Waals surface area contributed by atoms with Crippen LogP contribution in [0, 0.1) is 23.7 Å². The number of carboxylic acids is 1. The van der Waals surface area contributed by atoms with Crippen LogP contribution in [0.1, 0.15) is 64.7 Å². The zero-order chi connectivity index (χ0) is 23.0. The number of aliphatic carboxylic acids is 1. The number of carboxylic acid groups (broad SMARTS) is 1. The van der Waals surface area contributed by atoms with Crippen molar-refractivity contribution in [1.82, 2.24) is 0 Å². The highest BCUT2D eigenvalue weighted by atomic mass is 17.3. The molecule has 4 saturated heterocycles. The van der Waals surface area contributed by atoms with E-state index >= 15 is 0 Å². The van der Waals surface area contributed by atoms with Crippen LogP contribution in [0.5, 0.6) is 0 Å². The van der Waals surface area contributed by atoms with E-state index in [1.165, 1.54) is 0 Å². The van der Waals surface area contributed by atoms with Crippen molar-refractivity contribution < 1.29 is 44.2 Å². The fraction of sp³-hybridized carbons (Fsp3) is 0.895. The summed E-state index contributed by atoms with van der Waals surface area (Å²) in [5.74, 6) is -4.99. The van der Waals surface area contributed by atoms with Crippen LogP contribution in [-0.4, -0.2) is 41.0 Å². The van der Waals surface area contributed by atoms with Gasteiger partial charge in [-0.2, -0.15) is 0 Å². The molecule has 1 saturated carbocycles. The molecule has 8 heteroatoms. The zero-order valence-corrected chi connectivity index (χ0v) is 15.6. The molecule has 8 nitrogen and oxygen atoms in total. The summed E-state index contributed by atoms with van der Waals surface area (Å²) in [5, 5.41) is 9.01. The summed E-state index contributed by atoms with van der Waals surface area (Å²) in [6.07, 6.45) is -6.04. The number of esters is 1. The SMILES string of the molecule is [2H]C([2H])(C(=O)O)C([2H])([2H])C(=O)O[C@@H]1O[C@@H]2O[C@@]3(C)CC[C@H]4[C@H](C)CC[C@@H]([C@H]1C)[C@@]24OO3. The third-order valence-electron chi connectivity index (χ3n) is 6.59. The van der Waals surface area contributed by atoms with Gasteiger partial charge >= 0.3 is 11.9 Å². The Bertz CT molecular complexity index is 778. The molecule has 1 aliphatic carbocycles. The molecule has 0 amide bonds. The maximum atomic E-state index is 12.5. The molecule has 0 radical (unpaired) electrons. The number of hydrogen-bond acceptors (Lipinski definition) is 7. The van der Waals surface area contributed by atoms with Crippen molar-refractivity contribution in [2.75, 3.05) is 0 Å². The molecule has 5 aliphatic rings. The van der Waals surface area contributed by atoms with Crippen LogP contribution < -0.4 is 0 Å². The molecule has 1 spiro atoms. The zero-order valence-electron chi connectivity index (χ0n) is 19.6. The maximum absolute atomic E-state index is 12.5. The summed E-state index contributed by atoms with van der Waals surface area (Å²) in [7, 11) is 0. The van der Waals surface area contributed by atoms with Crippen LogP contribution in [0.2, 0.25) is 0 Å². The first-order valence-corrected chi connectivity index (χ1v) is 9.41. The number of ether oxygens (including phenoxy) is 3. The molecule has 152 valence electrons. The maximum Gasteiger partial charge on any atom is 0.308 e. The van der Waals surface area contributed by atoms with Crippen LogP contribution in [0.15, 0.2) is 0 Å². The second kappa shape index (κ2) is 6.69. The number of rotatable bonds is 4. The molecular weight excluding hydrogens is 356 g/mol. The monoisotopic (exact) mass is 388 g/mol. The smallest absolute Gasteiger partial charge is 0.308 e. The number of carbonyl (C=O) groups excluding carboxylic acids is 1. The molecule has 0 aromatic rings. The predicted molar refractivity (Wildman–Crippen MR) is 89.8 cm³/mol. The van der Waals surface area contributed by atoms with Gasteiger partial charge in [0.2, 0.25) is 12.1 Å². The second-order valence-corrected chi connectivity index (χ2v) is 8.23. The van der Waals surface area contributed by atoms with Crippen LogP contribution in [0.4, 0.5) is 0 Å². The van der Waals surface area contributed by atoms with E-state index in [4.69, 9.17) is 34.6 Å². The van der Waals surface area contributed by atoms with Crippen molar-refractivity contribution in [3.8, 4) is 0 Å². The van der Waals surface area contributed by atoms with Gasteiger partial charge in [-0.15, -0.1) is 0 Å². The summed E-state index contributed by atoms with van der Waals surface area (Å²) in [4.78, 5) is 35.3. The average Bonchev–Trinajstić information content (AvgIpc) is 2.91. The first-order valence-electron chi connectivity index (χ1n) is 11.4. The second-order valence-electron chi connectivity index (χ2n) is 8.23. The van der Waals surface area contributed by atoms with Crippen LogP contribution >= 0.6 is 0 Å². The molecule has 0 unspecified atom stereocenters. The largest absolute Gasteiger partial charge is 0.481 e. The van der Waals surface area contributed by atoms with E-state index < -0.39 is 54.6 Å². The number of hydrogen-bond donors (Lipinski definition) is 1. The minimum atomic E-state index is -3.48.